The molecule has 0 aromatic rings. The number of allylic oxidation sites excluding steroid dienone is 1. The van der Waals surface area contributed by atoms with Crippen molar-refractivity contribution in [2.45, 2.75) is 13.3 Å². The monoisotopic (exact) mass is 182 g/mol. The standard InChI is InChI=1S/C9H18N4/c1-5-7-9(12(3)8-10)13(4)11-6-2/h6-8,10-11H,2,5H2,1,3-4H3/b9-7-,10-8?. The third kappa shape index (κ3) is 3.64. The van der Waals surface area contributed by atoms with Crippen LogP contribution in [-0.4, -0.2) is 30.3 Å². The van der Waals surface area contributed by atoms with Crippen molar-refractivity contribution in [3.05, 3.63) is 24.7 Å². The maximum absolute atomic E-state index is 7.12. The molecule has 0 unspecified atom stereocenters. The number of nitrogens with zero attached hydrogens (tertiary/aromatic N) is 2. The summed E-state index contributed by atoms with van der Waals surface area (Å²) in [5.74, 6) is 0.928. The highest BCUT2D eigenvalue weighted by Gasteiger charge is 2.04. The van der Waals surface area contributed by atoms with Gasteiger partial charge in [0.25, 0.3) is 0 Å². The Hall–Kier alpha value is -1.45. The summed E-state index contributed by atoms with van der Waals surface area (Å²) in [6, 6.07) is 0. The lowest BCUT2D eigenvalue weighted by Gasteiger charge is -2.27. The summed E-state index contributed by atoms with van der Waals surface area (Å²) in [6.45, 7) is 5.63. The third-order valence-corrected chi connectivity index (χ3v) is 1.57. The number of hydrazine groups is 1. The molecule has 0 atom stereocenters. The lowest BCUT2D eigenvalue weighted by Crippen LogP contribution is -2.36. The molecule has 0 amide bonds. The van der Waals surface area contributed by atoms with E-state index in [0.717, 1.165) is 12.2 Å². The first-order valence-electron chi connectivity index (χ1n) is 4.21. The van der Waals surface area contributed by atoms with Crippen molar-refractivity contribution in [1.82, 2.24) is 15.3 Å². The van der Waals surface area contributed by atoms with E-state index in [-0.39, 0.29) is 0 Å². The molecule has 0 heterocycles. The van der Waals surface area contributed by atoms with E-state index in [9.17, 15) is 0 Å². The van der Waals surface area contributed by atoms with Crippen molar-refractivity contribution in [3.63, 3.8) is 0 Å². The molecular formula is C9H18N4. The Balaban J connectivity index is 4.49. The molecule has 74 valence electrons. The first-order chi connectivity index (χ1) is 6.17. The Morgan fingerprint density at radius 3 is 2.54 bits per heavy atom. The fraction of sp³-hybridized carbons (Fsp3) is 0.444. The predicted octanol–water partition coefficient (Wildman–Crippen LogP) is 1.36. The zero-order valence-electron chi connectivity index (χ0n) is 8.54. The van der Waals surface area contributed by atoms with E-state index < -0.39 is 0 Å². The SMILES string of the molecule is C=CNN(C)/C(=C\CC)N(C)C=N. The van der Waals surface area contributed by atoms with Crippen molar-refractivity contribution in [2.24, 2.45) is 0 Å². The zero-order valence-corrected chi connectivity index (χ0v) is 8.54. The summed E-state index contributed by atoms with van der Waals surface area (Å²) in [5.41, 5.74) is 2.93. The van der Waals surface area contributed by atoms with E-state index >= 15 is 0 Å². The van der Waals surface area contributed by atoms with Crippen molar-refractivity contribution in [1.29, 1.82) is 5.41 Å². The highest BCUT2D eigenvalue weighted by atomic mass is 15.5. The topological polar surface area (TPSA) is 42.4 Å². The summed E-state index contributed by atoms with van der Waals surface area (Å²) in [7, 11) is 3.71. The molecule has 13 heavy (non-hydrogen) atoms. The van der Waals surface area contributed by atoms with Crippen LogP contribution >= 0.6 is 0 Å². The van der Waals surface area contributed by atoms with E-state index in [1.165, 1.54) is 6.34 Å². The maximum Gasteiger partial charge on any atom is 0.123 e. The number of hydrogen-bond donors (Lipinski definition) is 2. The van der Waals surface area contributed by atoms with Crippen LogP contribution in [0.5, 0.6) is 0 Å². The molecule has 0 rings (SSSR count). The van der Waals surface area contributed by atoms with Crippen LogP contribution in [0.15, 0.2) is 24.7 Å². The van der Waals surface area contributed by atoms with Gasteiger partial charge in [0, 0.05) is 20.3 Å². The van der Waals surface area contributed by atoms with Crippen LogP contribution in [0.3, 0.4) is 0 Å². The smallest absolute Gasteiger partial charge is 0.123 e. The highest BCUT2D eigenvalue weighted by Crippen LogP contribution is 2.03. The fourth-order valence-electron chi connectivity index (χ4n) is 0.969. The summed E-state index contributed by atoms with van der Waals surface area (Å²) < 4.78 is 0. The van der Waals surface area contributed by atoms with Crippen LogP contribution in [0.2, 0.25) is 0 Å². The number of nitrogens with one attached hydrogen (secondary N) is 2. The molecule has 0 aromatic heterocycles. The van der Waals surface area contributed by atoms with Gasteiger partial charge in [0.1, 0.15) is 5.82 Å². The highest BCUT2D eigenvalue weighted by molar-refractivity contribution is 5.53. The molecule has 4 heteroatoms. The van der Waals surface area contributed by atoms with Gasteiger partial charge in [0.05, 0.1) is 6.34 Å². The molecule has 0 saturated heterocycles. The van der Waals surface area contributed by atoms with Crippen LogP contribution in [0.4, 0.5) is 0 Å². The summed E-state index contributed by atoms with van der Waals surface area (Å²) in [6.07, 6.45) is 5.82. The average Bonchev–Trinajstić information content (AvgIpc) is 2.13. The van der Waals surface area contributed by atoms with Crippen molar-refractivity contribution >= 4 is 6.34 Å². The van der Waals surface area contributed by atoms with Gasteiger partial charge in [-0.15, -0.1) is 0 Å². The van der Waals surface area contributed by atoms with Crippen molar-refractivity contribution in [3.8, 4) is 0 Å². The van der Waals surface area contributed by atoms with Crippen LogP contribution < -0.4 is 5.43 Å². The van der Waals surface area contributed by atoms with E-state index in [1.807, 2.05) is 25.2 Å². The Morgan fingerprint density at radius 1 is 1.54 bits per heavy atom. The number of hydrogen-bond acceptors (Lipinski definition) is 3. The van der Waals surface area contributed by atoms with Gasteiger partial charge in [-0.3, -0.25) is 10.4 Å². The van der Waals surface area contributed by atoms with Gasteiger partial charge in [-0.1, -0.05) is 13.5 Å². The second-order valence-electron chi connectivity index (χ2n) is 2.60. The van der Waals surface area contributed by atoms with Crippen LogP contribution in [0.25, 0.3) is 0 Å². The van der Waals surface area contributed by atoms with Gasteiger partial charge >= 0.3 is 0 Å². The van der Waals surface area contributed by atoms with Crippen LogP contribution in [0, 0.1) is 5.41 Å². The van der Waals surface area contributed by atoms with Gasteiger partial charge in [-0.2, -0.15) is 0 Å². The number of rotatable bonds is 6. The molecule has 0 spiro atoms. The largest absolute Gasteiger partial charge is 0.321 e. The molecule has 0 aliphatic rings. The zero-order chi connectivity index (χ0) is 10.3. The van der Waals surface area contributed by atoms with E-state index in [2.05, 4.69) is 18.9 Å². The minimum Gasteiger partial charge on any atom is -0.321 e. The van der Waals surface area contributed by atoms with Gasteiger partial charge in [-0.25, -0.2) is 0 Å². The Bertz CT molecular complexity index is 198. The predicted molar refractivity (Wildman–Crippen MR) is 56.0 cm³/mol. The second-order valence-corrected chi connectivity index (χ2v) is 2.60. The van der Waals surface area contributed by atoms with Gasteiger partial charge < -0.3 is 10.3 Å². The summed E-state index contributed by atoms with van der Waals surface area (Å²) >= 11 is 0. The first-order valence-corrected chi connectivity index (χ1v) is 4.21. The molecule has 4 nitrogen and oxygen atoms in total. The van der Waals surface area contributed by atoms with Crippen molar-refractivity contribution in [2.75, 3.05) is 14.1 Å². The lowest BCUT2D eigenvalue weighted by atomic mass is 10.4. The van der Waals surface area contributed by atoms with E-state index in [1.54, 1.807) is 11.1 Å². The van der Waals surface area contributed by atoms with E-state index in [4.69, 9.17) is 5.41 Å². The molecule has 0 aromatic carbocycles. The Labute approximate surface area is 80.0 Å². The minimum atomic E-state index is 0.927. The van der Waals surface area contributed by atoms with Gasteiger partial charge in [-0.05, 0) is 12.5 Å². The van der Waals surface area contributed by atoms with Gasteiger partial charge in [0.15, 0.2) is 0 Å². The molecule has 0 fully saturated rings. The van der Waals surface area contributed by atoms with Crippen LogP contribution in [-0.2, 0) is 0 Å². The normalized spacial score (nSPS) is 10.5. The van der Waals surface area contributed by atoms with Gasteiger partial charge in [0.2, 0.25) is 0 Å². The molecule has 0 saturated carbocycles. The molecule has 0 radical (unpaired) electrons. The fourth-order valence-corrected chi connectivity index (χ4v) is 0.969. The lowest BCUT2D eigenvalue weighted by molar-refractivity contribution is 0.285. The molecule has 0 aliphatic heterocycles. The van der Waals surface area contributed by atoms with Crippen LogP contribution in [0.1, 0.15) is 13.3 Å². The minimum absolute atomic E-state index is 0.927. The molecular weight excluding hydrogens is 164 g/mol. The summed E-state index contributed by atoms with van der Waals surface area (Å²) in [4.78, 5) is 1.72. The molecule has 0 aliphatic carbocycles. The van der Waals surface area contributed by atoms with E-state index in [0.29, 0.717) is 0 Å². The average molecular weight is 182 g/mol. The second kappa shape index (κ2) is 6.11. The van der Waals surface area contributed by atoms with Crippen molar-refractivity contribution < 1.29 is 0 Å². The quantitative estimate of drug-likeness (QED) is 0.370. The Morgan fingerprint density at radius 2 is 2.15 bits per heavy atom. The summed E-state index contributed by atoms with van der Waals surface area (Å²) in [5, 5.41) is 8.93. The first kappa shape index (κ1) is 11.6. The Kier molecular flexibility index (Phi) is 5.43. The maximum atomic E-state index is 7.12. The molecule has 2 N–H and O–H groups in total. The molecule has 0 bridgehead atoms. The third-order valence-electron chi connectivity index (χ3n) is 1.57.